The Morgan fingerprint density at radius 2 is 1.87 bits per heavy atom. The van der Waals surface area contributed by atoms with Gasteiger partial charge in [-0.25, -0.2) is 4.98 Å². The van der Waals surface area contributed by atoms with E-state index in [0.29, 0.717) is 36.3 Å². The van der Waals surface area contributed by atoms with E-state index in [2.05, 4.69) is 63.9 Å². The molecule has 2 aromatic heterocycles. The molecule has 4 unspecified atom stereocenters. The number of fused-ring (bicyclic) bond motifs is 6. The van der Waals surface area contributed by atoms with Gasteiger partial charge in [0.05, 0.1) is 28.5 Å². The van der Waals surface area contributed by atoms with E-state index in [1.807, 2.05) is 13.0 Å². The van der Waals surface area contributed by atoms with Gasteiger partial charge in [0, 0.05) is 42.2 Å². The van der Waals surface area contributed by atoms with Crippen molar-refractivity contribution in [2.45, 2.75) is 57.7 Å². The summed E-state index contributed by atoms with van der Waals surface area (Å²) in [7, 11) is 0. The van der Waals surface area contributed by atoms with Crippen LogP contribution >= 0.6 is 0 Å². The third kappa shape index (κ3) is 4.30. The van der Waals surface area contributed by atoms with E-state index in [9.17, 15) is 0 Å². The maximum atomic E-state index is 8.27. The summed E-state index contributed by atoms with van der Waals surface area (Å²) in [6.45, 7) is 6.08. The molecule has 0 radical (unpaired) electrons. The fraction of sp³-hybridized carbons (Fsp3) is 0.375. The summed E-state index contributed by atoms with van der Waals surface area (Å²) in [6, 6.07) is 16.2. The molecular formula is C32H35N7. The van der Waals surface area contributed by atoms with Crippen molar-refractivity contribution in [2.75, 3.05) is 13.1 Å². The van der Waals surface area contributed by atoms with Crippen LogP contribution in [0.2, 0.25) is 0 Å². The molecule has 0 saturated carbocycles. The van der Waals surface area contributed by atoms with E-state index in [1.165, 1.54) is 34.2 Å². The molecule has 7 rings (SSSR count). The summed E-state index contributed by atoms with van der Waals surface area (Å²) in [6.07, 6.45) is 8.03. The van der Waals surface area contributed by atoms with Crippen molar-refractivity contribution in [3.8, 4) is 22.4 Å². The quantitative estimate of drug-likeness (QED) is 0.226. The lowest BCUT2D eigenvalue weighted by Gasteiger charge is -2.27. The van der Waals surface area contributed by atoms with Crippen LogP contribution in [0, 0.1) is 11.3 Å². The standard InChI is InChI=1S/C32H35N7/c1-3-34-17-23(33)20-7-10-24(36-16-20)22-9-8-21(30-28-13-18(2)14-29(37-28)31(22)30)19-6-11-25-27(15-19)39-32(38-25)26-5-4-12-35-26/h6-11,15-18,26,28-29,33,35,37H,3-5,12-14H2,1-2H3,(H,38,39). The molecule has 2 bridgehead atoms. The highest BCUT2D eigenvalue weighted by molar-refractivity contribution is 6.36. The van der Waals surface area contributed by atoms with Gasteiger partial charge in [-0.3, -0.25) is 15.4 Å². The Hall–Kier alpha value is -3.68. The van der Waals surface area contributed by atoms with Crippen LogP contribution in [0.3, 0.4) is 0 Å². The van der Waals surface area contributed by atoms with Crippen molar-refractivity contribution in [3.63, 3.8) is 0 Å². The van der Waals surface area contributed by atoms with Gasteiger partial charge in [0.25, 0.3) is 0 Å². The molecule has 0 spiro atoms. The zero-order valence-corrected chi connectivity index (χ0v) is 22.6. The molecule has 0 amide bonds. The first-order chi connectivity index (χ1) is 19.1. The minimum absolute atomic E-state index is 0.330. The van der Waals surface area contributed by atoms with Gasteiger partial charge in [-0.2, -0.15) is 0 Å². The summed E-state index contributed by atoms with van der Waals surface area (Å²) in [5.41, 5.74) is 10.8. The summed E-state index contributed by atoms with van der Waals surface area (Å²) >= 11 is 0. The number of nitrogens with zero attached hydrogens (tertiary/aromatic N) is 3. The Morgan fingerprint density at radius 1 is 1.05 bits per heavy atom. The zero-order valence-electron chi connectivity index (χ0n) is 22.6. The molecule has 2 aromatic carbocycles. The lowest BCUT2D eigenvalue weighted by atomic mass is 9.88. The van der Waals surface area contributed by atoms with Crippen LogP contribution in [-0.4, -0.2) is 40.0 Å². The number of H-pyrrole nitrogens is 1. The molecule has 2 saturated heterocycles. The fourth-order valence-corrected chi connectivity index (χ4v) is 6.79. The number of piperidine rings is 1. The van der Waals surface area contributed by atoms with Crippen molar-refractivity contribution >= 4 is 23.0 Å². The van der Waals surface area contributed by atoms with Gasteiger partial charge in [0.15, 0.2) is 0 Å². The van der Waals surface area contributed by atoms with Crippen molar-refractivity contribution < 1.29 is 0 Å². The van der Waals surface area contributed by atoms with Crippen LogP contribution in [0.5, 0.6) is 0 Å². The summed E-state index contributed by atoms with van der Waals surface area (Å²) in [5.74, 6) is 1.72. The van der Waals surface area contributed by atoms with E-state index in [1.54, 1.807) is 12.4 Å². The lowest BCUT2D eigenvalue weighted by Crippen LogP contribution is -2.27. The molecule has 2 fully saturated rings. The molecule has 7 heteroatoms. The van der Waals surface area contributed by atoms with Gasteiger partial charge in [0.2, 0.25) is 0 Å². The highest BCUT2D eigenvalue weighted by Gasteiger charge is 2.40. The summed E-state index contributed by atoms with van der Waals surface area (Å²) in [4.78, 5) is 17.5. The Kier molecular flexibility index (Phi) is 6.13. The highest BCUT2D eigenvalue weighted by atomic mass is 15.0. The predicted molar refractivity (Wildman–Crippen MR) is 158 cm³/mol. The molecule has 198 valence electrons. The molecule has 4 N–H and O–H groups in total. The second-order valence-electron chi connectivity index (χ2n) is 11.3. The number of pyridine rings is 1. The Labute approximate surface area is 229 Å². The monoisotopic (exact) mass is 517 g/mol. The molecular weight excluding hydrogens is 482 g/mol. The van der Waals surface area contributed by atoms with Crippen molar-refractivity contribution in [3.05, 3.63) is 71.2 Å². The number of hydrogen-bond donors (Lipinski definition) is 4. The third-order valence-electron chi connectivity index (χ3n) is 8.62. The Morgan fingerprint density at radius 3 is 2.62 bits per heavy atom. The van der Waals surface area contributed by atoms with E-state index >= 15 is 0 Å². The van der Waals surface area contributed by atoms with Crippen LogP contribution in [0.15, 0.2) is 53.7 Å². The van der Waals surface area contributed by atoms with Crippen LogP contribution in [0.25, 0.3) is 33.4 Å². The van der Waals surface area contributed by atoms with Crippen molar-refractivity contribution in [1.82, 2.24) is 25.6 Å². The number of aliphatic imine (C=N–C) groups is 1. The number of nitrogens with one attached hydrogen (secondary N) is 4. The molecule has 7 nitrogen and oxygen atoms in total. The topological polar surface area (TPSA) is 102 Å². The fourth-order valence-electron chi connectivity index (χ4n) is 6.79. The maximum absolute atomic E-state index is 8.27. The average molecular weight is 518 g/mol. The van der Waals surface area contributed by atoms with Gasteiger partial charge in [-0.1, -0.05) is 25.1 Å². The number of aromatic amines is 1. The summed E-state index contributed by atoms with van der Waals surface area (Å²) < 4.78 is 0. The SMILES string of the molecule is CCN=CC(=N)c1ccc(-c2ccc(-c3ccc4nc(C5CCCN5)[nH]c4c3)c3c2C2CC(C)CC3N2)nc1. The van der Waals surface area contributed by atoms with Crippen LogP contribution in [0.4, 0.5) is 0 Å². The normalized spacial score (nSPS) is 24.1. The first-order valence-corrected chi connectivity index (χ1v) is 14.3. The van der Waals surface area contributed by atoms with Crippen molar-refractivity contribution in [2.24, 2.45) is 10.9 Å². The lowest BCUT2D eigenvalue weighted by molar-refractivity contribution is 0.291. The largest absolute Gasteiger partial charge is 0.341 e. The minimum Gasteiger partial charge on any atom is -0.341 e. The molecule has 4 aromatic rings. The third-order valence-corrected chi connectivity index (χ3v) is 8.62. The van der Waals surface area contributed by atoms with Crippen LogP contribution < -0.4 is 10.6 Å². The van der Waals surface area contributed by atoms with Gasteiger partial charge in [0.1, 0.15) is 5.82 Å². The molecule has 0 aliphatic carbocycles. The van der Waals surface area contributed by atoms with E-state index in [4.69, 9.17) is 15.4 Å². The molecule has 3 aliphatic rings. The maximum Gasteiger partial charge on any atom is 0.124 e. The number of imidazole rings is 1. The van der Waals surface area contributed by atoms with Gasteiger partial charge in [-0.05, 0) is 91.6 Å². The average Bonchev–Trinajstić information content (AvgIpc) is 3.69. The molecule has 4 atom stereocenters. The van der Waals surface area contributed by atoms with E-state index in [-0.39, 0.29) is 0 Å². The smallest absolute Gasteiger partial charge is 0.124 e. The first-order valence-electron chi connectivity index (χ1n) is 14.3. The zero-order chi connectivity index (χ0) is 26.5. The van der Waals surface area contributed by atoms with Gasteiger partial charge in [-0.15, -0.1) is 0 Å². The van der Waals surface area contributed by atoms with Gasteiger partial charge < -0.3 is 15.6 Å². The highest BCUT2D eigenvalue weighted by Crippen LogP contribution is 2.51. The molecule has 39 heavy (non-hydrogen) atoms. The second-order valence-corrected chi connectivity index (χ2v) is 11.3. The second kappa shape index (κ2) is 9.81. The number of rotatable bonds is 6. The summed E-state index contributed by atoms with van der Waals surface area (Å²) in [5, 5.41) is 15.8. The Balaban J connectivity index is 1.30. The predicted octanol–water partition coefficient (Wildman–Crippen LogP) is 6.29. The number of aromatic nitrogens is 3. The van der Waals surface area contributed by atoms with Crippen LogP contribution in [0.1, 0.15) is 80.2 Å². The Bertz CT molecular complexity index is 1580. The molecule has 3 aliphatic heterocycles. The van der Waals surface area contributed by atoms with E-state index in [0.717, 1.165) is 53.9 Å². The number of benzene rings is 2. The van der Waals surface area contributed by atoms with Crippen molar-refractivity contribution in [1.29, 1.82) is 5.41 Å². The van der Waals surface area contributed by atoms with Crippen LogP contribution in [-0.2, 0) is 0 Å². The first kappa shape index (κ1) is 24.4. The van der Waals surface area contributed by atoms with E-state index < -0.39 is 0 Å². The molecule has 5 heterocycles. The minimum atomic E-state index is 0.330. The number of hydrogen-bond acceptors (Lipinski definition) is 6. The van der Waals surface area contributed by atoms with Gasteiger partial charge >= 0.3 is 0 Å².